The molecule has 21 nitrogen and oxygen atoms in total. The van der Waals surface area contributed by atoms with Gasteiger partial charge in [-0.3, -0.25) is 14.2 Å². The summed E-state index contributed by atoms with van der Waals surface area (Å²) in [6, 6.07) is 9.52. The number of nitrogens with one attached hydrogen (secondary N) is 1. The fourth-order valence-electron chi connectivity index (χ4n) is 7.49. The molecule has 4 N–H and O–H groups in total. The Bertz CT molecular complexity index is 3080. The normalized spacial score (nSPS) is 15.4. The molecule has 71 heavy (non-hydrogen) atoms. The molecule has 0 aliphatic heterocycles. The molecule has 4 saturated carbocycles. The first-order valence-corrected chi connectivity index (χ1v) is 26.9. The molecule has 4 fully saturated rings. The minimum absolute atomic E-state index is 0. The van der Waals surface area contributed by atoms with Crippen LogP contribution in [0.5, 0.6) is 11.8 Å². The van der Waals surface area contributed by atoms with Crippen LogP contribution in [0.1, 0.15) is 84.8 Å². The molecule has 0 spiro atoms. The van der Waals surface area contributed by atoms with Gasteiger partial charge in [-0.15, -0.1) is 10.2 Å². The van der Waals surface area contributed by atoms with Crippen molar-refractivity contribution in [2.24, 2.45) is 42.9 Å². The van der Waals surface area contributed by atoms with Gasteiger partial charge >= 0.3 is 5.97 Å². The van der Waals surface area contributed by atoms with Gasteiger partial charge in [-0.05, 0) is 119 Å². The fourth-order valence-corrected chi connectivity index (χ4v) is 9.90. The van der Waals surface area contributed by atoms with Crippen LogP contribution in [0.2, 0.25) is 10.3 Å². The molecule has 4 aliphatic rings. The van der Waals surface area contributed by atoms with Crippen molar-refractivity contribution in [1.29, 1.82) is 1.34 Å². The Morgan fingerprint density at radius 2 is 1.13 bits per heavy atom. The van der Waals surface area contributed by atoms with Gasteiger partial charge in [-0.2, -0.15) is 10.2 Å². The number of aryl methyl sites for hydroxylation is 4. The van der Waals surface area contributed by atoms with Crippen molar-refractivity contribution >= 4 is 86.1 Å². The van der Waals surface area contributed by atoms with Crippen LogP contribution < -0.4 is 19.3 Å². The number of aromatic carboxylic acids is 1. The van der Waals surface area contributed by atoms with Gasteiger partial charge in [0.15, 0.2) is 11.6 Å². The number of carbonyl (C=O) groups excluding carboxylic acids is 1. The maximum absolute atomic E-state index is 12.6. The van der Waals surface area contributed by atoms with Crippen LogP contribution in [0.25, 0.3) is 11.6 Å². The van der Waals surface area contributed by atoms with Gasteiger partial charge in [0.2, 0.25) is 21.8 Å². The minimum Gasteiger partial charge on any atom is -0.478 e. The van der Waals surface area contributed by atoms with E-state index in [1.807, 2.05) is 27.3 Å². The van der Waals surface area contributed by atoms with E-state index >= 15 is 0 Å². The smallest absolute Gasteiger partial charge is 0.338 e. The summed E-state index contributed by atoms with van der Waals surface area (Å²) in [6.45, 7) is 3.14. The topological polar surface area (TPSA) is 276 Å². The molecule has 0 unspecified atom stereocenters. The van der Waals surface area contributed by atoms with Crippen LogP contribution in [0.4, 0.5) is 0 Å². The number of pyridine rings is 2. The van der Waals surface area contributed by atoms with Crippen LogP contribution in [-0.2, 0) is 34.1 Å². The Kier molecular flexibility index (Phi) is 18.8. The van der Waals surface area contributed by atoms with Crippen molar-refractivity contribution in [2.75, 3.05) is 4.91 Å². The van der Waals surface area contributed by atoms with E-state index in [0.29, 0.717) is 57.7 Å². The van der Waals surface area contributed by atoms with E-state index in [1.165, 1.54) is 89.9 Å². The number of alkyl halides is 1. The number of aromatic nitrogens is 10. The summed E-state index contributed by atoms with van der Waals surface area (Å²) in [7, 11) is -0.723. The number of carboxylic acid groups (broad SMARTS) is 1. The molecule has 0 atom stereocenters. The number of rotatable bonds is 15. The van der Waals surface area contributed by atoms with Crippen LogP contribution in [0.3, 0.4) is 0 Å². The number of sulfonamides is 2. The molecule has 0 aromatic carbocycles. The van der Waals surface area contributed by atoms with Crippen LogP contribution in [0.15, 0.2) is 71.0 Å². The predicted octanol–water partition coefficient (Wildman–Crippen LogP) is 5.61. The number of carbonyl (C=O) groups is 2. The molecule has 10 rings (SSSR count). The number of carboxylic acids is 1. The zero-order chi connectivity index (χ0) is 52.7. The van der Waals surface area contributed by atoms with Gasteiger partial charge in [0.05, 0.1) is 22.5 Å². The van der Waals surface area contributed by atoms with Gasteiger partial charge in [0.1, 0.15) is 32.3 Å². The number of hydrogen-bond donors (Lipinski definition) is 3. The molecule has 28 heteroatoms. The molecule has 0 bridgehead atoms. The molecule has 6 heterocycles. The summed E-state index contributed by atoms with van der Waals surface area (Å²) in [5.41, 5.74) is 0.605. The maximum Gasteiger partial charge on any atom is 0.338 e. The third-order valence-electron chi connectivity index (χ3n) is 11.4. The average molecular weight is 1390 g/mol. The number of nitrogens with two attached hydrogens (primary N) is 1. The Morgan fingerprint density at radius 3 is 1.44 bits per heavy atom. The van der Waals surface area contributed by atoms with Gasteiger partial charge < -0.3 is 14.6 Å². The minimum atomic E-state index is -4.11. The van der Waals surface area contributed by atoms with Crippen molar-refractivity contribution in [1.82, 2.24) is 53.8 Å². The zero-order valence-corrected chi connectivity index (χ0v) is 48.4. The summed E-state index contributed by atoms with van der Waals surface area (Å²) in [4.78, 5) is 32.3. The monoisotopic (exact) mass is 1390 g/mol. The standard InChI is InChI=1S/C21H23ClN6O4S.C16H16ClN3O3.C5H9N3O2S.CH3I.BH.U/c1-12-16(11-27(2)24-12)33(30,31)26-21(29)15-7-8-17(23-20(15)22)28-10-9-18(25-28)32-19(13-3-4-13)14-5-6-14;17-15-11(16(21)22)5-6-12(18-15)20-8-7-13(19-20)23-14(9-1-2-9)10-3-4-10;1-4-5(11(6,9)10)3-8(2)7-4;1-2;;/h7-11,13-14,19H,3-6H2,1-2H3,(H,26,29);5-10,14H,1-4H2,(H,21,22);3H,1-2H3,(H2,6,9,10);1H3;1H;/i;;;2*1D;. The van der Waals surface area contributed by atoms with E-state index in [-0.39, 0.29) is 80.2 Å². The van der Waals surface area contributed by atoms with E-state index in [1.54, 1.807) is 69.3 Å². The Balaban J connectivity index is 0.000000214. The quantitative estimate of drug-likeness (QED) is 0.0488. The summed E-state index contributed by atoms with van der Waals surface area (Å²) in [6.07, 6.45) is 16.5. The summed E-state index contributed by atoms with van der Waals surface area (Å²) in [5.74, 6) is 2.56. The summed E-state index contributed by atoms with van der Waals surface area (Å²) < 4.78 is 78.2. The zero-order valence-electron chi connectivity index (χ0n) is 40.9. The predicted molar refractivity (Wildman–Crippen MR) is 268 cm³/mol. The molecule has 378 valence electrons. The third kappa shape index (κ3) is 15.3. The van der Waals surface area contributed by atoms with E-state index < -0.39 is 31.9 Å². The molecule has 1 amide bonds. The number of amides is 1. The number of hydrogen-bond acceptors (Lipinski definition) is 14. The maximum atomic E-state index is 12.6. The first-order valence-electron chi connectivity index (χ1n) is 22.9. The molecular weight excluding hydrogens is 1340 g/mol. The van der Waals surface area contributed by atoms with E-state index in [4.69, 9.17) is 45.6 Å². The summed E-state index contributed by atoms with van der Waals surface area (Å²) >= 11 is 14.1. The fraction of sp³-hybridized carbons (Fsp3) is 0.442. The summed E-state index contributed by atoms with van der Waals surface area (Å²) in [5, 5.41) is 30.3. The first kappa shape index (κ1) is 54.7. The van der Waals surface area contributed by atoms with E-state index in [0.717, 1.165) is 0 Å². The number of primary sulfonamides is 1. The van der Waals surface area contributed by atoms with Crippen molar-refractivity contribution in [3.05, 3.63) is 94.0 Å². The average Bonchev–Trinajstić information content (AvgIpc) is 4.14. The van der Waals surface area contributed by atoms with Gasteiger partial charge in [0.25, 0.3) is 15.9 Å². The molecular formula is C43H52BCl2IN12O9S2U. The second-order valence-electron chi connectivity index (χ2n) is 17.0. The van der Waals surface area contributed by atoms with Crippen LogP contribution in [-0.4, -0.2) is 110 Å². The van der Waals surface area contributed by atoms with E-state index in [2.05, 4.69) is 38.7 Å². The van der Waals surface area contributed by atoms with Crippen molar-refractivity contribution in [3.63, 3.8) is 0 Å². The first-order chi connectivity index (χ1) is 34.1. The third-order valence-corrected chi connectivity index (χ3v) is 14.4. The second-order valence-corrected chi connectivity index (χ2v) is 20.9. The SMILES string of the molecule is Cc1nn(C)cc1S(=O)(=O)NC(=O)c1ccc(-n2ccc(OC(C3CC3)C3CC3)n2)nc1Cl.Cc1nn(C)cc1S(N)(=O)=O.O=C(O)c1ccc(-n2ccc(OC(C3CC3)C3CC3)n2)nc1Cl.[2H]CI.[2H][B].[U]. The molecule has 0 saturated heterocycles. The van der Waals surface area contributed by atoms with Crippen LogP contribution >= 0.6 is 45.8 Å². The van der Waals surface area contributed by atoms with Gasteiger partial charge in [-0.1, -0.05) is 45.8 Å². The number of ether oxygens (including phenoxy) is 2. The van der Waals surface area contributed by atoms with Crippen molar-refractivity contribution < 1.29 is 73.5 Å². The van der Waals surface area contributed by atoms with E-state index in [9.17, 15) is 26.4 Å². The number of nitrogens with zero attached hydrogens (tertiary/aromatic N) is 10. The van der Waals surface area contributed by atoms with Crippen molar-refractivity contribution in [2.45, 2.75) is 87.2 Å². The Morgan fingerprint density at radius 1 is 0.746 bits per heavy atom. The van der Waals surface area contributed by atoms with Crippen LogP contribution in [0, 0.1) is 68.6 Å². The van der Waals surface area contributed by atoms with Crippen molar-refractivity contribution in [3.8, 4) is 23.4 Å². The van der Waals surface area contributed by atoms with Gasteiger partial charge in [0, 0.05) is 91.9 Å². The largest absolute Gasteiger partial charge is 0.478 e. The molecule has 6 aromatic rings. The number of halogens is 3. The molecule has 2 radical (unpaired) electrons. The Labute approximate surface area is 463 Å². The molecule has 6 aromatic heterocycles. The van der Waals surface area contributed by atoms with Gasteiger partial charge in [-0.25, -0.2) is 50.8 Å². The molecule has 4 aliphatic carbocycles. The second kappa shape index (κ2) is 24.3. The Hall–Kier alpha value is -4.03.